The second kappa shape index (κ2) is 10.7. The van der Waals surface area contributed by atoms with Crippen molar-refractivity contribution in [2.24, 2.45) is 17.8 Å². The van der Waals surface area contributed by atoms with Crippen molar-refractivity contribution >= 4 is 5.97 Å². The van der Waals surface area contributed by atoms with E-state index in [1.807, 2.05) is 12.2 Å². The number of carbonyl (C=O) groups excluding carboxylic acids is 1. The predicted molar refractivity (Wildman–Crippen MR) is 143 cm³/mol. The zero-order valence-electron chi connectivity index (χ0n) is 23.4. The Hall–Kier alpha value is -1.77. The lowest BCUT2D eigenvalue weighted by molar-refractivity contribution is -0.332. The summed E-state index contributed by atoms with van der Waals surface area (Å²) in [6, 6.07) is 0. The maximum Gasteiger partial charge on any atom is 0.316 e. The summed E-state index contributed by atoms with van der Waals surface area (Å²) in [5.74, 6) is -1.53. The molecule has 5 aliphatic rings. The van der Waals surface area contributed by atoms with Gasteiger partial charge in [-0.1, -0.05) is 49.8 Å². The highest BCUT2D eigenvalue weighted by molar-refractivity contribution is 5.78. The van der Waals surface area contributed by atoms with E-state index in [2.05, 4.69) is 39.8 Å². The first-order chi connectivity index (χ1) is 18.0. The van der Waals surface area contributed by atoms with Gasteiger partial charge in [0.25, 0.3) is 0 Å². The molecule has 7 heteroatoms. The van der Waals surface area contributed by atoms with Crippen molar-refractivity contribution in [2.75, 3.05) is 6.61 Å². The zero-order valence-corrected chi connectivity index (χ0v) is 23.4. The van der Waals surface area contributed by atoms with E-state index >= 15 is 0 Å². The van der Waals surface area contributed by atoms with Crippen molar-refractivity contribution in [3.8, 4) is 0 Å². The highest BCUT2D eigenvalue weighted by atomic mass is 16.7. The predicted octanol–water partition coefficient (Wildman–Crippen LogP) is 4.53. The van der Waals surface area contributed by atoms with Crippen molar-refractivity contribution in [3.63, 3.8) is 0 Å². The van der Waals surface area contributed by atoms with Crippen LogP contribution in [0.25, 0.3) is 0 Å². The number of hydrogen-bond acceptors (Lipinski definition) is 7. The lowest BCUT2D eigenvalue weighted by atomic mass is 9.71. The molecule has 0 aromatic carbocycles. The van der Waals surface area contributed by atoms with Crippen LogP contribution in [0.5, 0.6) is 0 Å². The van der Waals surface area contributed by atoms with Crippen LogP contribution in [0.2, 0.25) is 0 Å². The number of carbonyl (C=O) groups is 1. The van der Waals surface area contributed by atoms with Gasteiger partial charge in [0, 0.05) is 19.3 Å². The number of ether oxygens (including phenoxy) is 4. The molecular weight excluding hydrogens is 484 g/mol. The number of rotatable bonds is 0. The zero-order chi connectivity index (χ0) is 27.2. The molecule has 1 aliphatic carbocycles. The summed E-state index contributed by atoms with van der Waals surface area (Å²) in [5, 5.41) is 22.8. The number of fused-ring (bicyclic) bond motifs is 2. The summed E-state index contributed by atoms with van der Waals surface area (Å²) in [7, 11) is 0. The topological polar surface area (TPSA) is 94.5 Å². The molecule has 0 radical (unpaired) electrons. The molecule has 2 bridgehead atoms. The largest absolute Gasteiger partial charge is 0.462 e. The molecule has 7 nitrogen and oxygen atoms in total. The molecule has 0 aromatic heterocycles. The lowest BCUT2D eigenvalue weighted by Crippen LogP contribution is -2.58. The Balaban J connectivity index is 1.51. The Kier molecular flexibility index (Phi) is 7.79. The molecule has 4 aliphatic heterocycles. The summed E-state index contributed by atoms with van der Waals surface area (Å²) in [5.41, 5.74) is 0.783. The minimum Gasteiger partial charge on any atom is -0.462 e. The molecule has 210 valence electrons. The summed E-state index contributed by atoms with van der Waals surface area (Å²) in [6.45, 7) is 10.5. The van der Waals surface area contributed by atoms with Crippen LogP contribution in [-0.2, 0) is 23.7 Å². The average Bonchev–Trinajstić information content (AvgIpc) is 3.19. The van der Waals surface area contributed by atoms with Crippen molar-refractivity contribution in [2.45, 2.75) is 115 Å². The van der Waals surface area contributed by atoms with E-state index in [1.165, 1.54) is 5.57 Å². The summed E-state index contributed by atoms with van der Waals surface area (Å²) >= 11 is 0. The second-order valence-corrected chi connectivity index (χ2v) is 12.4. The Morgan fingerprint density at radius 3 is 2.66 bits per heavy atom. The van der Waals surface area contributed by atoms with Gasteiger partial charge in [-0.25, -0.2) is 0 Å². The van der Waals surface area contributed by atoms with Crippen molar-refractivity contribution in [1.82, 2.24) is 0 Å². The van der Waals surface area contributed by atoms with Gasteiger partial charge in [0.15, 0.2) is 5.79 Å². The van der Waals surface area contributed by atoms with Crippen molar-refractivity contribution in [1.29, 1.82) is 0 Å². The third-order valence-electron chi connectivity index (χ3n) is 9.30. The van der Waals surface area contributed by atoms with Gasteiger partial charge in [-0.2, -0.15) is 0 Å². The van der Waals surface area contributed by atoms with Gasteiger partial charge in [0.05, 0.1) is 18.8 Å². The summed E-state index contributed by atoms with van der Waals surface area (Å²) < 4.78 is 25.2. The molecule has 4 heterocycles. The van der Waals surface area contributed by atoms with Crippen LogP contribution >= 0.6 is 0 Å². The molecule has 10 atom stereocenters. The van der Waals surface area contributed by atoms with Gasteiger partial charge in [-0.3, -0.25) is 4.79 Å². The van der Waals surface area contributed by atoms with Crippen molar-refractivity contribution in [3.05, 3.63) is 47.1 Å². The highest BCUT2D eigenvalue weighted by Crippen LogP contribution is 2.47. The number of aliphatic hydroxyl groups excluding tert-OH is 1. The van der Waals surface area contributed by atoms with Crippen LogP contribution in [0, 0.1) is 17.8 Å². The molecule has 0 aromatic rings. The fraction of sp³-hybridized carbons (Fsp3) is 0.710. The van der Waals surface area contributed by atoms with E-state index in [4.69, 9.17) is 18.9 Å². The Bertz CT molecular complexity index is 1040. The third kappa shape index (κ3) is 5.20. The van der Waals surface area contributed by atoms with Gasteiger partial charge in [0.2, 0.25) is 0 Å². The molecule has 1 unspecified atom stereocenters. The van der Waals surface area contributed by atoms with Crippen LogP contribution in [0.3, 0.4) is 0 Å². The smallest absolute Gasteiger partial charge is 0.316 e. The average molecular weight is 529 g/mol. The van der Waals surface area contributed by atoms with Crippen LogP contribution in [0.15, 0.2) is 47.1 Å². The Morgan fingerprint density at radius 1 is 1.11 bits per heavy atom. The SMILES string of the molecule is CC1=C[C@H]2C(=O)O[C@H]3CC(C/C=C(\C)C[C@@H](C)/C=C/C=C4\CO[C@H]([C@@H]1O)[C@@]42O)O[C@@]1(CC[C@H](C)[C@@H](C)O1)C3. The minimum absolute atomic E-state index is 0.0526. The number of aliphatic hydroxyl groups is 2. The molecule has 3 saturated heterocycles. The standard InChI is InChI=1S/C31H44O7/c1-18-7-6-8-23-17-35-28-27(32)21(4)14-26(31(23,28)34)29(33)36-25-15-24(10-9-19(2)13-18)38-30(16-25)12-11-20(3)22(5)37-30/h6-9,14,18,20,22,24-28,32,34H,10-13,15-17H2,1-5H3/b7-6+,19-9+,23-8+/t18-,20-,22+,24?,25-,26-,27+,28+,30-,31+/m0/s1. The molecule has 0 amide bonds. The molecule has 38 heavy (non-hydrogen) atoms. The molecule has 3 fully saturated rings. The van der Waals surface area contributed by atoms with Crippen LogP contribution in [0.1, 0.15) is 73.1 Å². The van der Waals surface area contributed by atoms with E-state index in [9.17, 15) is 15.0 Å². The Labute approximate surface area is 226 Å². The fourth-order valence-corrected chi connectivity index (χ4v) is 6.85. The van der Waals surface area contributed by atoms with Gasteiger partial charge in [-0.15, -0.1) is 0 Å². The number of allylic oxidation sites excluding steroid dienone is 4. The van der Waals surface area contributed by atoms with E-state index in [1.54, 1.807) is 13.0 Å². The molecule has 5 rings (SSSR count). The Morgan fingerprint density at radius 2 is 1.89 bits per heavy atom. The first-order valence-corrected chi connectivity index (χ1v) is 14.3. The van der Waals surface area contributed by atoms with Crippen LogP contribution < -0.4 is 0 Å². The molecule has 1 spiro atoms. The highest BCUT2D eigenvalue weighted by Gasteiger charge is 2.60. The number of hydrogen-bond donors (Lipinski definition) is 2. The fourth-order valence-electron chi connectivity index (χ4n) is 6.85. The van der Waals surface area contributed by atoms with E-state index < -0.39 is 41.6 Å². The van der Waals surface area contributed by atoms with Crippen LogP contribution in [-0.4, -0.2) is 64.7 Å². The van der Waals surface area contributed by atoms with Gasteiger partial charge in [-0.05, 0) is 63.0 Å². The summed E-state index contributed by atoms with van der Waals surface area (Å²) in [4.78, 5) is 13.8. The molecule has 0 saturated carbocycles. The van der Waals surface area contributed by atoms with Crippen LogP contribution in [0.4, 0.5) is 0 Å². The lowest BCUT2D eigenvalue weighted by Gasteiger charge is -2.49. The van der Waals surface area contributed by atoms with Gasteiger partial charge in [0.1, 0.15) is 29.8 Å². The normalized spacial score (nSPS) is 49.7. The van der Waals surface area contributed by atoms with Crippen molar-refractivity contribution < 1.29 is 34.0 Å². The maximum atomic E-state index is 13.8. The molecule has 2 N–H and O–H groups in total. The second-order valence-electron chi connectivity index (χ2n) is 12.4. The monoisotopic (exact) mass is 528 g/mol. The minimum atomic E-state index is -1.68. The first-order valence-electron chi connectivity index (χ1n) is 14.3. The summed E-state index contributed by atoms with van der Waals surface area (Å²) in [6.07, 6.45) is 11.8. The molecular formula is C31H44O7. The maximum absolute atomic E-state index is 13.8. The first kappa shape index (κ1) is 27.8. The van der Waals surface area contributed by atoms with E-state index in [0.717, 1.165) is 25.7 Å². The quantitative estimate of drug-likeness (QED) is 0.352. The third-order valence-corrected chi connectivity index (χ3v) is 9.30. The van der Waals surface area contributed by atoms with E-state index in [0.29, 0.717) is 35.8 Å². The van der Waals surface area contributed by atoms with Gasteiger partial charge < -0.3 is 29.2 Å². The van der Waals surface area contributed by atoms with Gasteiger partial charge >= 0.3 is 5.97 Å². The van der Waals surface area contributed by atoms with E-state index in [-0.39, 0.29) is 18.8 Å². The number of esters is 1.